The zero-order valence-electron chi connectivity index (χ0n) is 16.6. The smallest absolute Gasteiger partial charge is 0.444 e. The highest BCUT2D eigenvalue weighted by molar-refractivity contribution is 5.73. The van der Waals surface area contributed by atoms with E-state index in [1.54, 1.807) is 25.7 Å². The van der Waals surface area contributed by atoms with E-state index < -0.39 is 23.7 Å². The van der Waals surface area contributed by atoms with Gasteiger partial charge in [0.2, 0.25) is 11.7 Å². The van der Waals surface area contributed by atoms with Crippen LogP contribution < -0.4 is 4.74 Å². The summed E-state index contributed by atoms with van der Waals surface area (Å²) < 4.78 is 48.7. The lowest BCUT2D eigenvalue weighted by atomic mass is 10.1. The van der Waals surface area contributed by atoms with E-state index in [1.807, 2.05) is 6.08 Å². The highest BCUT2D eigenvalue weighted by atomic mass is 19.4. The molecule has 3 rings (SSSR count). The molecule has 0 radical (unpaired) electrons. The molecule has 2 aromatic heterocycles. The summed E-state index contributed by atoms with van der Waals surface area (Å²) >= 11 is 0. The van der Waals surface area contributed by atoms with Gasteiger partial charge in [-0.05, 0) is 32.8 Å². The standard InChI is InChI=1S/C19H20F3N5O3/c1-18(2,3)30-17(28)27-8-4-12(5-9-27)14-15(24-7-6-23-14)29-13-10-25-16(26-11-13)19(20,21)22/h4,6-7,10-11H,5,8-9H2,1-3H3. The molecule has 1 aliphatic heterocycles. The van der Waals surface area contributed by atoms with Crippen molar-refractivity contribution in [2.24, 2.45) is 0 Å². The Hall–Kier alpha value is -3.24. The Balaban J connectivity index is 1.74. The van der Waals surface area contributed by atoms with Crippen LogP contribution in [-0.4, -0.2) is 49.6 Å². The second kappa shape index (κ2) is 8.25. The third-order valence-electron chi connectivity index (χ3n) is 3.93. The van der Waals surface area contributed by atoms with Crippen molar-refractivity contribution < 1.29 is 27.4 Å². The lowest BCUT2D eigenvalue weighted by Gasteiger charge is -2.29. The summed E-state index contributed by atoms with van der Waals surface area (Å²) in [6.45, 7) is 6.13. The maximum absolute atomic E-state index is 12.6. The predicted octanol–water partition coefficient (Wildman–Crippen LogP) is 4.10. The highest BCUT2D eigenvalue weighted by Crippen LogP contribution is 2.31. The van der Waals surface area contributed by atoms with Crippen molar-refractivity contribution in [3.8, 4) is 11.6 Å². The van der Waals surface area contributed by atoms with Crippen molar-refractivity contribution in [3.63, 3.8) is 0 Å². The van der Waals surface area contributed by atoms with Crippen molar-refractivity contribution in [2.75, 3.05) is 13.1 Å². The molecule has 0 bridgehead atoms. The molecule has 0 aromatic carbocycles. The third-order valence-corrected chi connectivity index (χ3v) is 3.93. The average molecular weight is 423 g/mol. The summed E-state index contributed by atoms with van der Waals surface area (Å²) in [7, 11) is 0. The number of alkyl halides is 3. The van der Waals surface area contributed by atoms with Gasteiger partial charge in [-0.25, -0.2) is 24.7 Å². The summed E-state index contributed by atoms with van der Waals surface area (Å²) in [4.78, 5) is 28.7. The summed E-state index contributed by atoms with van der Waals surface area (Å²) in [6, 6.07) is 0. The first kappa shape index (κ1) is 21.5. The molecule has 0 unspecified atom stereocenters. The number of hydrogen-bond donors (Lipinski definition) is 0. The van der Waals surface area contributed by atoms with Crippen molar-refractivity contribution in [2.45, 2.75) is 39.0 Å². The van der Waals surface area contributed by atoms with E-state index in [4.69, 9.17) is 9.47 Å². The molecule has 11 heteroatoms. The van der Waals surface area contributed by atoms with Crippen LogP contribution in [0.2, 0.25) is 0 Å². The van der Waals surface area contributed by atoms with Crippen molar-refractivity contribution >= 4 is 11.7 Å². The molecule has 0 spiro atoms. The Labute approximate surface area is 170 Å². The van der Waals surface area contributed by atoms with Gasteiger partial charge < -0.3 is 14.4 Å². The first-order valence-electron chi connectivity index (χ1n) is 9.08. The Morgan fingerprint density at radius 3 is 2.30 bits per heavy atom. The Bertz CT molecular complexity index is 940. The fourth-order valence-corrected chi connectivity index (χ4v) is 2.62. The molecule has 0 atom stereocenters. The maximum Gasteiger partial charge on any atom is 0.451 e. The Kier molecular flexibility index (Phi) is 5.90. The second-order valence-electron chi connectivity index (χ2n) is 7.46. The summed E-state index contributed by atoms with van der Waals surface area (Å²) in [6.07, 6.45) is 1.98. The number of amides is 1. The molecule has 0 N–H and O–H groups in total. The van der Waals surface area contributed by atoms with Gasteiger partial charge in [-0.2, -0.15) is 13.2 Å². The van der Waals surface area contributed by atoms with Crippen LogP contribution in [0.25, 0.3) is 5.57 Å². The van der Waals surface area contributed by atoms with Gasteiger partial charge in [-0.1, -0.05) is 6.08 Å². The minimum Gasteiger partial charge on any atom is -0.444 e. The van der Waals surface area contributed by atoms with E-state index in [2.05, 4.69) is 19.9 Å². The zero-order valence-corrected chi connectivity index (χ0v) is 16.6. The molecular formula is C19H20F3N5O3. The Morgan fingerprint density at radius 2 is 1.73 bits per heavy atom. The quantitative estimate of drug-likeness (QED) is 0.734. The van der Waals surface area contributed by atoms with Crippen molar-refractivity contribution in [1.29, 1.82) is 0 Å². The van der Waals surface area contributed by atoms with Gasteiger partial charge >= 0.3 is 12.3 Å². The zero-order chi connectivity index (χ0) is 21.9. The minimum atomic E-state index is -4.64. The van der Waals surface area contributed by atoms with Gasteiger partial charge in [0.1, 0.15) is 11.3 Å². The van der Waals surface area contributed by atoms with Crippen LogP contribution in [0.5, 0.6) is 11.6 Å². The molecule has 2 aromatic rings. The molecule has 0 fully saturated rings. The summed E-state index contributed by atoms with van der Waals surface area (Å²) in [5.41, 5.74) is 0.642. The largest absolute Gasteiger partial charge is 0.451 e. The molecule has 30 heavy (non-hydrogen) atoms. The molecule has 0 aliphatic carbocycles. The number of carbonyl (C=O) groups is 1. The molecule has 160 valence electrons. The lowest BCUT2D eigenvalue weighted by molar-refractivity contribution is -0.145. The van der Waals surface area contributed by atoms with E-state index in [0.717, 1.165) is 18.0 Å². The predicted molar refractivity (Wildman–Crippen MR) is 99.5 cm³/mol. The number of nitrogens with zero attached hydrogens (tertiary/aromatic N) is 5. The fourth-order valence-electron chi connectivity index (χ4n) is 2.62. The normalized spacial score (nSPS) is 14.9. The highest BCUT2D eigenvalue weighted by Gasteiger charge is 2.34. The average Bonchev–Trinajstić information content (AvgIpc) is 2.67. The monoisotopic (exact) mass is 423 g/mol. The molecule has 1 amide bonds. The molecule has 0 saturated heterocycles. The van der Waals surface area contributed by atoms with E-state index in [-0.39, 0.29) is 11.6 Å². The van der Waals surface area contributed by atoms with Crippen LogP contribution in [-0.2, 0) is 10.9 Å². The number of rotatable bonds is 3. The molecular weight excluding hydrogens is 403 g/mol. The van der Waals surface area contributed by atoms with Crippen LogP contribution in [0.1, 0.15) is 38.7 Å². The van der Waals surface area contributed by atoms with Crippen LogP contribution in [0.15, 0.2) is 30.9 Å². The summed E-state index contributed by atoms with van der Waals surface area (Å²) in [5.74, 6) is -1.15. The van der Waals surface area contributed by atoms with E-state index in [0.29, 0.717) is 25.2 Å². The molecule has 1 aliphatic rings. The lowest BCUT2D eigenvalue weighted by Crippen LogP contribution is -2.39. The van der Waals surface area contributed by atoms with Crippen LogP contribution in [0, 0.1) is 0 Å². The maximum atomic E-state index is 12.6. The molecule has 0 saturated carbocycles. The SMILES string of the molecule is CC(C)(C)OC(=O)N1CC=C(c2nccnc2Oc2cnc(C(F)(F)F)nc2)CC1. The van der Waals surface area contributed by atoms with Gasteiger partial charge in [-0.3, -0.25) is 0 Å². The van der Waals surface area contributed by atoms with Crippen molar-refractivity contribution in [1.82, 2.24) is 24.8 Å². The number of hydrogen-bond acceptors (Lipinski definition) is 7. The van der Waals surface area contributed by atoms with Crippen molar-refractivity contribution in [3.05, 3.63) is 42.4 Å². The number of halogens is 3. The van der Waals surface area contributed by atoms with Crippen LogP contribution >= 0.6 is 0 Å². The summed E-state index contributed by atoms with van der Waals surface area (Å²) in [5, 5.41) is 0. The van der Waals surface area contributed by atoms with E-state index in [1.165, 1.54) is 12.4 Å². The van der Waals surface area contributed by atoms with Gasteiger partial charge in [0.25, 0.3) is 0 Å². The third kappa shape index (κ3) is 5.43. The number of carbonyl (C=O) groups excluding carboxylic acids is 1. The van der Waals surface area contributed by atoms with Gasteiger partial charge in [0.15, 0.2) is 5.75 Å². The minimum absolute atomic E-state index is 0.00320. The first-order chi connectivity index (χ1) is 14.0. The van der Waals surface area contributed by atoms with Crippen LogP contribution in [0.3, 0.4) is 0 Å². The van der Waals surface area contributed by atoms with Gasteiger partial charge in [0.05, 0.1) is 12.4 Å². The Morgan fingerprint density at radius 1 is 1.07 bits per heavy atom. The first-order valence-corrected chi connectivity index (χ1v) is 9.08. The molecule has 3 heterocycles. The molecule has 8 nitrogen and oxygen atoms in total. The fraction of sp³-hybridized carbons (Fsp3) is 0.421. The second-order valence-corrected chi connectivity index (χ2v) is 7.46. The topological polar surface area (TPSA) is 90.3 Å². The van der Waals surface area contributed by atoms with Crippen LogP contribution in [0.4, 0.5) is 18.0 Å². The number of ether oxygens (including phenoxy) is 2. The van der Waals surface area contributed by atoms with E-state index in [9.17, 15) is 18.0 Å². The number of aromatic nitrogens is 4. The van der Waals surface area contributed by atoms with Gasteiger partial charge in [0, 0.05) is 25.5 Å². The van der Waals surface area contributed by atoms with Gasteiger partial charge in [-0.15, -0.1) is 0 Å². The van der Waals surface area contributed by atoms with E-state index >= 15 is 0 Å².